The summed E-state index contributed by atoms with van der Waals surface area (Å²) in [6.45, 7) is 1.81. The highest BCUT2D eigenvalue weighted by atomic mass is 35.5. The second-order valence-corrected chi connectivity index (χ2v) is 7.70. The predicted molar refractivity (Wildman–Crippen MR) is 107 cm³/mol. The molecule has 0 spiro atoms. The Morgan fingerprint density at radius 2 is 1.73 bits per heavy atom. The van der Waals surface area contributed by atoms with Gasteiger partial charge in [0.05, 0.1) is 21.0 Å². The lowest BCUT2D eigenvalue weighted by Crippen LogP contribution is -2.23. The van der Waals surface area contributed by atoms with Gasteiger partial charge in [0.1, 0.15) is 0 Å². The molecular weight excluding hydrogens is 391 g/mol. The van der Waals surface area contributed by atoms with Gasteiger partial charge in [-0.1, -0.05) is 59.2 Å². The zero-order valence-corrected chi connectivity index (χ0v) is 16.4. The van der Waals surface area contributed by atoms with E-state index in [1.54, 1.807) is 25.1 Å². The van der Waals surface area contributed by atoms with Crippen LogP contribution in [0.5, 0.6) is 0 Å². The monoisotopic (exact) mass is 406 g/mol. The number of carbonyl (C=O) groups is 1. The third-order valence-electron chi connectivity index (χ3n) is 3.73. The minimum absolute atomic E-state index is 0.162. The molecule has 0 saturated carbocycles. The van der Waals surface area contributed by atoms with Crippen molar-refractivity contribution in [2.75, 3.05) is 5.32 Å². The fraction of sp³-hybridized carbons (Fsp3) is 0.167. The zero-order valence-electron chi connectivity index (χ0n) is 14.1. The number of rotatable bonds is 5. The van der Waals surface area contributed by atoms with Gasteiger partial charge in [0.2, 0.25) is 5.91 Å². The smallest absolute Gasteiger partial charge is 0.237 e. The summed E-state index contributed by atoms with van der Waals surface area (Å²) in [6.07, 6.45) is 0. The van der Waals surface area contributed by atoms with Crippen LogP contribution in [0.1, 0.15) is 6.92 Å². The molecule has 134 valence electrons. The summed E-state index contributed by atoms with van der Waals surface area (Å²) in [5, 5.41) is 12.6. The summed E-state index contributed by atoms with van der Waals surface area (Å²) in [5.41, 5.74) is 1.38. The van der Waals surface area contributed by atoms with E-state index < -0.39 is 0 Å². The number of hydrogen-bond acceptors (Lipinski definition) is 4. The first-order valence-corrected chi connectivity index (χ1v) is 9.47. The number of para-hydroxylation sites is 1. The Morgan fingerprint density at radius 3 is 2.42 bits per heavy atom. The lowest BCUT2D eigenvalue weighted by atomic mass is 10.2. The van der Waals surface area contributed by atoms with E-state index in [9.17, 15) is 4.79 Å². The molecule has 0 aliphatic heterocycles. The molecule has 2 aromatic carbocycles. The van der Waals surface area contributed by atoms with Crippen LogP contribution in [0.3, 0.4) is 0 Å². The van der Waals surface area contributed by atoms with Gasteiger partial charge >= 0.3 is 0 Å². The molecule has 3 aromatic rings. The van der Waals surface area contributed by atoms with Crippen molar-refractivity contribution in [2.24, 2.45) is 7.05 Å². The molecule has 0 aliphatic rings. The summed E-state index contributed by atoms with van der Waals surface area (Å²) in [4.78, 5) is 12.4. The quantitative estimate of drug-likeness (QED) is 0.611. The number of benzene rings is 2. The Hall–Kier alpha value is -2.02. The van der Waals surface area contributed by atoms with E-state index in [-0.39, 0.29) is 11.2 Å². The molecule has 0 saturated heterocycles. The highest BCUT2D eigenvalue weighted by Crippen LogP contribution is 2.30. The maximum Gasteiger partial charge on any atom is 0.237 e. The number of anilines is 1. The van der Waals surface area contributed by atoms with Crippen LogP contribution in [0.2, 0.25) is 10.0 Å². The standard InChI is InChI=1S/C18H16Cl2N4OS/c1-11(17(25)21-15-10-6-5-9-14(15)20)26-18-23-22-16(24(18)2)12-7-3-4-8-13(12)19/h3-11H,1-2H3,(H,21,25)/t11-/m1/s1. The molecule has 0 fully saturated rings. The van der Waals surface area contributed by atoms with Gasteiger partial charge in [-0.05, 0) is 31.2 Å². The molecule has 1 atom stereocenters. The van der Waals surface area contributed by atoms with Crippen LogP contribution in [0.25, 0.3) is 11.4 Å². The number of halogens is 2. The first-order chi connectivity index (χ1) is 12.5. The van der Waals surface area contributed by atoms with Crippen molar-refractivity contribution in [1.29, 1.82) is 0 Å². The summed E-state index contributed by atoms with van der Waals surface area (Å²) in [5.74, 6) is 0.488. The number of nitrogens with one attached hydrogen (secondary N) is 1. The van der Waals surface area contributed by atoms with Gasteiger partial charge in [0.25, 0.3) is 0 Å². The fourth-order valence-electron chi connectivity index (χ4n) is 2.30. The minimum atomic E-state index is -0.381. The van der Waals surface area contributed by atoms with E-state index in [4.69, 9.17) is 23.2 Å². The molecule has 1 aromatic heterocycles. The van der Waals surface area contributed by atoms with Crippen molar-refractivity contribution in [3.63, 3.8) is 0 Å². The van der Waals surface area contributed by atoms with E-state index in [0.717, 1.165) is 5.56 Å². The second kappa shape index (κ2) is 8.12. The van der Waals surface area contributed by atoms with Crippen molar-refractivity contribution in [3.8, 4) is 11.4 Å². The average Bonchev–Trinajstić information content (AvgIpc) is 2.98. The number of thioether (sulfide) groups is 1. The summed E-state index contributed by atoms with van der Waals surface area (Å²) in [6, 6.07) is 14.6. The SMILES string of the molecule is C[C@@H](Sc1nnc(-c2ccccc2Cl)n1C)C(=O)Nc1ccccc1Cl. The van der Waals surface area contributed by atoms with Crippen LogP contribution < -0.4 is 5.32 Å². The van der Waals surface area contributed by atoms with Crippen molar-refractivity contribution < 1.29 is 4.79 Å². The lowest BCUT2D eigenvalue weighted by Gasteiger charge is -2.12. The van der Waals surface area contributed by atoms with Crippen molar-refractivity contribution in [2.45, 2.75) is 17.3 Å². The molecule has 1 amide bonds. The fourth-order valence-corrected chi connectivity index (χ4v) is 3.52. The van der Waals surface area contributed by atoms with E-state index in [1.165, 1.54) is 11.8 Å². The molecule has 3 rings (SSSR count). The van der Waals surface area contributed by atoms with Crippen LogP contribution in [0.4, 0.5) is 5.69 Å². The number of aromatic nitrogens is 3. The predicted octanol–water partition coefficient (Wildman–Crippen LogP) is 4.91. The van der Waals surface area contributed by atoms with Gasteiger partial charge in [-0.2, -0.15) is 0 Å². The number of nitrogens with zero attached hydrogens (tertiary/aromatic N) is 3. The molecule has 0 radical (unpaired) electrons. The van der Waals surface area contributed by atoms with E-state index in [0.29, 0.717) is 26.7 Å². The molecule has 1 heterocycles. The summed E-state index contributed by atoms with van der Waals surface area (Å²) in [7, 11) is 1.85. The topological polar surface area (TPSA) is 59.8 Å². The normalized spacial score (nSPS) is 12.0. The zero-order chi connectivity index (χ0) is 18.7. The van der Waals surface area contributed by atoms with E-state index in [1.807, 2.05) is 41.9 Å². The van der Waals surface area contributed by atoms with Crippen LogP contribution in [0, 0.1) is 0 Å². The number of carbonyl (C=O) groups excluding carboxylic acids is 1. The maximum absolute atomic E-state index is 12.4. The Kier molecular flexibility index (Phi) is 5.86. The van der Waals surface area contributed by atoms with Gasteiger partial charge in [0, 0.05) is 12.6 Å². The summed E-state index contributed by atoms with van der Waals surface area (Å²) < 4.78 is 1.82. The van der Waals surface area contributed by atoms with Crippen LogP contribution >= 0.6 is 35.0 Å². The van der Waals surface area contributed by atoms with E-state index in [2.05, 4.69) is 15.5 Å². The van der Waals surface area contributed by atoms with Gasteiger partial charge in [0.15, 0.2) is 11.0 Å². The van der Waals surface area contributed by atoms with Crippen LogP contribution in [-0.4, -0.2) is 25.9 Å². The molecule has 8 heteroatoms. The van der Waals surface area contributed by atoms with Crippen molar-refractivity contribution in [1.82, 2.24) is 14.8 Å². The molecule has 26 heavy (non-hydrogen) atoms. The first kappa shape index (κ1) is 18.8. The highest BCUT2D eigenvalue weighted by Gasteiger charge is 2.20. The molecule has 0 unspecified atom stereocenters. The third kappa shape index (κ3) is 4.03. The Balaban J connectivity index is 1.74. The second-order valence-electron chi connectivity index (χ2n) is 5.57. The van der Waals surface area contributed by atoms with Gasteiger partial charge < -0.3 is 9.88 Å². The number of hydrogen-bond donors (Lipinski definition) is 1. The van der Waals surface area contributed by atoms with E-state index >= 15 is 0 Å². The number of amides is 1. The van der Waals surface area contributed by atoms with Crippen molar-refractivity contribution in [3.05, 3.63) is 58.6 Å². The highest BCUT2D eigenvalue weighted by molar-refractivity contribution is 8.00. The van der Waals surface area contributed by atoms with Crippen LogP contribution in [0.15, 0.2) is 53.7 Å². The molecular formula is C18H16Cl2N4OS. The summed E-state index contributed by atoms with van der Waals surface area (Å²) >= 11 is 13.6. The Morgan fingerprint density at radius 1 is 1.08 bits per heavy atom. The van der Waals surface area contributed by atoms with Crippen molar-refractivity contribution >= 4 is 46.6 Å². The third-order valence-corrected chi connectivity index (χ3v) is 5.53. The lowest BCUT2D eigenvalue weighted by molar-refractivity contribution is -0.115. The van der Waals surface area contributed by atoms with Gasteiger partial charge in [-0.25, -0.2) is 0 Å². The Bertz CT molecular complexity index is 944. The van der Waals surface area contributed by atoms with Crippen LogP contribution in [-0.2, 0) is 11.8 Å². The maximum atomic E-state index is 12.4. The van der Waals surface area contributed by atoms with Gasteiger partial charge in [-0.15, -0.1) is 10.2 Å². The Labute approximate surface area is 165 Å². The first-order valence-electron chi connectivity index (χ1n) is 7.83. The average molecular weight is 407 g/mol. The molecule has 1 N–H and O–H groups in total. The largest absolute Gasteiger partial charge is 0.324 e. The molecule has 0 aliphatic carbocycles. The molecule has 0 bridgehead atoms. The van der Waals surface area contributed by atoms with Gasteiger partial charge in [-0.3, -0.25) is 4.79 Å². The molecule has 5 nitrogen and oxygen atoms in total. The minimum Gasteiger partial charge on any atom is -0.324 e.